The van der Waals surface area contributed by atoms with Crippen LogP contribution < -0.4 is 10.1 Å². The molecule has 0 bridgehead atoms. The molecule has 1 aliphatic carbocycles. The van der Waals surface area contributed by atoms with Gasteiger partial charge in [0.05, 0.1) is 18.1 Å². The van der Waals surface area contributed by atoms with Crippen LogP contribution in [0.2, 0.25) is 9.49 Å². The largest absolute Gasteiger partial charge is 0.493 e. The number of hydrogen-bond donors (Lipinski definition) is 1. The maximum atomic E-state index is 13.5. The Labute approximate surface area is 200 Å². The van der Waals surface area contributed by atoms with Crippen molar-refractivity contribution in [3.8, 4) is 5.75 Å². The first-order valence-electron chi connectivity index (χ1n) is 10.6. The first kappa shape index (κ1) is 23.3. The van der Waals surface area contributed by atoms with Crippen molar-refractivity contribution >= 4 is 46.4 Å². The highest BCUT2D eigenvalue weighted by Crippen LogP contribution is 2.47. The number of aryl methyl sites for hydroxylation is 1. The van der Waals surface area contributed by atoms with E-state index >= 15 is 0 Å². The van der Waals surface area contributed by atoms with Crippen molar-refractivity contribution < 1.29 is 18.7 Å². The van der Waals surface area contributed by atoms with Crippen molar-refractivity contribution in [2.45, 2.75) is 44.6 Å². The van der Waals surface area contributed by atoms with Crippen molar-refractivity contribution in [1.82, 2.24) is 15.2 Å². The second-order valence-corrected chi connectivity index (χ2v) is 10.6. The summed E-state index contributed by atoms with van der Waals surface area (Å²) in [5.41, 5.74) is 0.249. The summed E-state index contributed by atoms with van der Waals surface area (Å²) >= 11 is 12.9. The molecule has 2 heterocycles. The normalized spacial score (nSPS) is 19.1. The Balaban J connectivity index is 1.30. The van der Waals surface area contributed by atoms with Gasteiger partial charge in [-0.3, -0.25) is 9.59 Å². The molecular weight excluding hydrogens is 476 g/mol. The van der Waals surface area contributed by atoms with Crippen LogP contribution in [0.1, 0.15) is 47.5 Å². The Morgan fingerprint density at radius 3 is 2.78 bits per heavy atom. The van der Waals surface area contributed by atoms with Gasteiger partial charge in [-0.25, -0.2) is 9.37 Å². The van der Waals surface area contributed by atoms with Crippen molar-refractivity contribution in [1.29, 1.82) is 0 Å². The van der Waals surface area contributed by atoms with Crippen LogP contribution in [0, 0.1) is 18.7 Å². The molecule has 0 radical (unpaired) electrons. The Morgan fingerprint density at radius 2 is 2.16 bits per heavy atom. The van der Waals surface area contributed by atoms with E-state index in [4.69, 9.17) is 27.9 Å². The lowest BCUT2D eigenvalue weighted by molar-refractivity contribution is -0.138. The number of nitrogens with zero attached hydrogens (tertiary/aromatic N) is 2. The predicted octanol–water partition coefficient (Wildman–Crippen LogP) is 4.87. The third kappa shape index (κ3) is 4.87. The van der Waals surface area contributed by atoms with Gasteiger partial charge in [0, 0.05) is 29.6 Å². The molecule has 1 saturated carbocycles. The minimum Gasteiger partial charge on any atom is -0.493 e. The maximum absolute atomic E-state index is 13.5. The lowest BCUT2D eigenvalue weighted by atomic mass is 9.73. The molecular formula is C22H24Cl2FN3O3S. The van der Waals surface area contributed by atoms with Gasteiger partial charge in [0.1, 0.15) is 17.3 Å². The SMILES string of the molecule is Cc1sc(Cl)nc1C(=O)NCC1CN(C(=O)CCOc2ccc(Cl)c(F)c2)C2(CCC2)C1. The van der Waals surface area contributed by atoms with Gasteiger partial charge in [0.2, 0.25) is 5.91 Å². The fraction of sp³-hybridized carbons (Fsp3) is 0.500. The van der Waals surface area contributed by atoms with E-state index in [2.05, 4.69) is 10.3 Å². The predicted molar refractivity (Wildman–Crippen MR) is 122 cm³/mol. The third-order valence-electron chi connectivity index (χ3n) is 6.28. The highest BCUT2D eigenvalue weighted by atomic mass is 35.5. The number of ether oxygens (including phenoxy) is 1. The average molecular weight is 500 g/mol. The van der Waals surface area contributed by atoms with Crippen LogP contribution in [0.3, 0.4) is 0 Å². The molecule has 32 heavy (non-hydrogen) atoms. The van der Waals surface area contributed by atoms with E-state index in [1.54, 1.807) is 6.07 Å². The molecule has 2 fully saturated rings. The molecule has 1 aromatic heterocycles. The standard InChI is InChI=1S/C22H24Cl2FN3O3S/c1-13-19(27-21(24)32-13)20(30)26-11-14-10-22(6-2-7-22)28(12-14)18(29)5-8-31-15-3-4-16(23)17(25)9-15/h3-4,9,14H,2,5-8,10-12H2,1H3,(H,26,30). The van der Waals surface area contributed by atoms with E-state index in [1.807, 2.05) is 11.8 Å². The van der Waals surface area contributed by atoms with E-state index in [1.165, 1.54) is 23.5 Å². The zero-order chi connectivity index (χ0) is 22.9. The number of hydrogen-bond acceptors (Lipinski definition) is 5. The Morgan fingerprint density at radius 1 is 1.38 bits per heavy atom. The number of nitrogens with one attached hydrogen (secondary N) is 1. The van der Waals surface area contributed by atoms with Crippen LogP contribution >= 0.6 is 34.5 Å². The van der Waals surface area contributed by atoms with Crippen LogP contribution in [-0.4, -0.2) is 46.9 Å². The highest BCUT2D eigenvalue weighted by Gasteiger charge is 2.51. The highest BCUT2D eigenvalue weighted by molar-refractivity contribution is 7.15. The number of aromatic nitrogens is 1. The summed E-state index contributed by atoms with van der Waals surface area (Å²) in [6, 6.07) is 4.22. The van der Waals surface area contributed by atoms with Crippen LogP contribution in [0.4, 0.5) is 4.39 Å². The van der Waals surface area contributed by atoms with Crippen LogP contribution in [-0.2, 0) is 4.79 Å². The maximum Gasteiger partial charge on any atom is 0.271 e. The van der Waals surface area contributed by atoms with Gasteiger partial charge < -0.3 is 15.0 Å². The summed E-state index contributed by atoms with van der Waals surface area (Å²) in [6.07, 6.45) is 4.14. The van der Waals surface area contributed by atoms with Crippen molar-refractivity contribution in [3.63, 3.8) is 0 Å². The number of carbonyl (C=O) groups excluding carboxylic acids is 2. The molecule has 2 aliphatic rings. The van der Waals surface area contributed by atoms with Gasteiger partial charge in [0.15, 0.2) is 4.47 Å². The lowest BCUT2D eigenvalue weighted by Gasteiger charge is -2.46. The number of halogens is 3. The minimum absolute atomic E-state index is 0.0232. The summed E-state index contributed by atoms with van der Waals surface area (Å²) in [5.74, 6) is -0.235. The Bertz CT molecular complexity index is 1030. The van der Waals surface area contributed by atoms with Gasteiger partial charge in [-0.05, 0) is 50.7 Å². The third-order valence-corrected chi connectivity index (χ3v) is 7.66. The summed E-state index contributed by atoms with van der Waals surface area (Å²) in [6.45, 7) is 3.07. The molecule has 1 saturated heterocycles. The van der Waals surface area contributed by atoms with Crippen LogP contribution in [0.15, 0.2) is 18.2 Å². The number of thiazole rings is 1. The number of rotatable bonds is 7. The average Bonchev–Trinajstić information content (AvgIpc) is 3.28. The number of benzene rings is 1. The van der Waals surface area contributed by atoms with Gasteiger partial charge in [-0.1, -0.05) is 23.2 Å². The Kier molecular flexibility index (Phi) is 6.93. The minimum atomic E-state index is -0.552. The zero-order valence-corrected chi connectivity index (χ0v) is 20.0. The molecule has 10 heteroatoms. The molecule has 1 unspecified atom stereocenters. The number of carbonyl (C=O) groups is 2. The molecule has 1 spiro atoms. The molecule has 2 amide bonds. The van der Waals surface area contributed by atoms with Crippen molar-refractivity contribution in [2.24, 2.45) is 5.92 Å². The number of amides is 2. The molecule has 1 aromatic carbocycles. The second-order valence-electron chi connectivity index (χ2n) is 8.41. The first-order valence-corrected chi connectivity index (χ1v) is 12.1. The smallest absolute Gasteiger partial charge is 0.271 e. The first-order chi connectivity index (χ1) is 15.3. The summed E-state index contributed by atoms with van der Waals surface area (Å²) in [5, 5.41) is 2.98. The molecule has 6 nitrogen and oxygen atoms in total. The monoisotopic (exact) mass is 499 g/mol. The summed E-state index contributed by atoms with van der Waals surface area (Å²) in [7, 11) is 0. The fourth-order valence-corrected chi connectivity index (χ4v) is 5.75. The zero-order valence-electron chi connectivity index (χ0n) is 17.6. The topological polar surface area (TPSA) is 71.5 Å². The summed E-state index contributed by atoms with van der Waals surface area (Å²) in [4.78, 5) is 32.2. The fourth-order valence-electron chi connectivity index (χ4n) is 4.58. The second kappa shape index (κ2) is 9.53. The Hall–Kier alpha value is -1.90. The van der Waals surface area contributed by atoms with Gasteiger partial charge in [0.25, 0.3) is 5.91 Å². The van der Waals surface area contributed by atoms with Gasteiger partial charge >= 0.3 is 0 Å². The molecule has 1 atom stereocenters. The van der Waals surface area contributed by atoms with Crippen molar-refractivity contribution in [3.05, 3.63) is 44.1 Å². The molecule has 172 valence electrons. The summed E-state index contributed by atoms with van der Waals surface area (Å²) < 4.78 is 19.4. The van der Waals surface area contributed by atoms with E-state index in [9.17, 15) is 14.0 Å². The van der Waals surface area contributed by atoms with E-state index < -0.39 is 5.82 Å². The molecule has 4 rings (SSSR count). The lowest BCUT2D eigenvalue weighted by Crippen LogP contribution is -2.52. The van der Waals surface area contributed by atoms with E-state index in [-0.39, 0.29) is 41.3 Å². The van der Waals surface area contributed by atoms with Crippen molar-refractivity contribution in [2.75, 3.05) is 19.7 Å². The quantitative estimate of drug-likeness (QED) is 0.589. The molecule has 2 aromatic rings. The van der Waals surface area contributed by atoms with E-state index in [0.717, 1.165) is 30.6 Å². The van der Waals surface area contributed by atoms with Crippen LogP contribution in [0.5, 0.6) is 5.75 Å². The molecule has 1 aliphatic heterocycles. The van der Waals surface area contributed by atoms with Crippen LogP contribution in [0.25, 0.3) is 0 Å². The van der Waals surface area contributed by atoms with Gasteiger partial charge in [-0.15, -0.1) is 11.3 Å². The number of likely N-dealkylation sites (tertiary alicyclic amines) is 1. The van der Waals surface area contributed by atoms with E-state index in [0.29, 0.717) is 29.0 Å². The molecule has 1 N–H and O–H groups in total. The van der Waals surface area contributed by atoms with Gasteiger partial charge in [-0.2, -0.15) is 0 Å².